The normalized spacial score (nSPS) is 10.8. The monoisotopic (exact) mass is 505 g/mol. The maximum Gasteiger partial charge on any atom is 0.190 e. The van der Waals surface area contributed by atoms with Crippen LogP contribution in [-0.4, -0.2) is 40.3 Å². The zero-order valence-electron chi connectivity index (χ0n) is 16.2. The van der Waals surface area contributed by atoms with Gasteiger partial charge in [-0.25, -0.2) is 8.78 Å². The summed E-state index contributed by atoms with van der Waals surface area (Å²) in [6, 6.07) is 9.64. The first-order chi connectivity index (χ1) is 13.1. The van der Waals surface area contributed by atoms with Gasteiger partial charge in [0.05, 0.1) is 14.2 Å². The lowest BCUT2D eigenvalue weighted by Crippen LogP contribution is -2.39. The molecule has 0 unspecified atom stereocenters. The van der Waals surface area contributed by atoms with Crippen molar-refractivity contribution in [2.75, 3.05) is 34.4 Å². The van der Waals surface area contributed by atoms with E-state index >= 15 is 0 Å². The van der Waals surface area contributed by atoms with Crippen LogP contribution in [0.15, 0.2) is 41.4 Å². The number of methoxy groups -OCH3 is 2. The van der Waals surface area contributed by atoms with Crippen LogP contribution in [0.1, 0.15) is 11.1 Å². The lowest BCUT2D eigenvalue weighted by Gasteiger charge is -2.13. The predicted molar refractivity (Wildman–Crippen MR) is 118 cm³/mol. The van der Waals surface area contributed by atoms with Crippen LogP contribution < -0.4 is 20.1 Å². The molecular formula is C20H26F2IN3O2. The van der Waals surface area contributed by atoms with Crippen LogP contribution in [0.2, 0.25) is 0 Å². The minimum absolute atomic E-state index is 0. The van der Waals surface area contributed by atoms with E-state index in [-0.39, 0.29) is 36.0 Å². The highest BCUT2D eigenvalue weighted by molar-refractivity contribution is 14.0. The van der Waals surface area contributed by atoms with E-state index in [2.05, 4.69) is 15.6 Å². The molecule has 8 heteroatoms. The molecule has 0 aromatic heterocycles. The molecular weight excluding hydrogens is 479 g/mol. The summed E-state index contributed by atoms with van der Waals surface area (Å²) in [5.74, 6) is 0.880. The van der Waals surface area contributed by atoms with E-state index in [4.69, 9.17) is 9.47 Å². The van der Waals surface area contributed by atoms with Crippen LogP contribution in [0.5, 0.6) is 11.5 Å². The van der Waals surface area contributed by atoms with Gasteiger partial charge >= 0.3 is 0 Å². The van der Waals surface area contributed by atoms with Gasteiger partial charge in [-0.2, -0.15) is 0 Å². The number of hydrogen-bond donors (Lipinski definition) is 2. The summed E-state index contributed by atoms with van der Waals surface area (Å²) >= 11 is 0. The SMILES string of the molecule is CN=C(NCCc1ccc(OC)c(OC)c1)NCCc1c(F)cccc1F.I. The fraction of sp³-hybridized carbons (Fsp3) is 0.350. The van der Waals surface area contributed by atoms with Crippen molar-refractivity contribution in [3.05, 3.63) is 59.2 Å². The second-order valence-electron chi connectivity index (χ2n) is 5.82. The zero-order valence-corrected chi connectivity index (χ0v) is 18.6. The summed E-state index contributed by atoms with van der Waals surface area (Å²) in [5.41, 5.74) is 1.16. The number of guanidine groups is 1. The number of benzene rings is 2. The molecule has 0 fully saturated rings. The topological polar surface area (TPSA) is 54.9 Å². The highest BCUT2D eigenvalue weighted by Crippen LogP contribution is 2.27. The van der Waals surface area contributed by atoms with Gasteiger partial charge in [-0.3, -0.25) is 4.99 Å². The van der Waals surface area contributed by atoms with Gasteiger partial charge in [0.25, 0.3) is 0 Å². The van der Waals surface area contributed by atoms with Crippen LogP contribution in [0.25, 0.3) is 0 Å². The third-order valence-corrected chi connectivity index (χ3v) is 4.11. The first-order valence-electron chi connectivity index (χ1n) is 8.67. The molecule has 2 rings (SSSR count). The van der Waals surface area contributed by atoms with Crippen LogP contribution in [0, 0.1) is 11.6 Å². The first-order valence-corrected chi connectivity index (χ1v) is 8.67. The molecule has 0 saturated carbocycles. The van der Waals surface area contributed by atoms with Crippen molar-refractivity contribution < 1.29 is 18.3 Å². The van der Waals surface area contributed by atoms with Gasteiger partial charge in [-0.15, -0.1) is 24.0 Å². The standard InChI is InChI=1S/C20H25F2N3O2.HI/c1-23-20(25-12-10-15-16(21)5-4-6-17(15)22)24-11-9-14-7-8-18(26-2)19(13-14)27-3;/h4-8,13H,9-12H2,1-3H3,(H2,23,24,25);1H. The van der Waals surface area contributed by atoms with Crippen molar-refractivity contribution >= 4 is 29.9 Å². The van der Waals surface area contributed by atoms with E-state index < -0.39 is 11.6 Å². The van der Waals surface area contributed by atoms with Crippen molar-refractivity contribution in [2.24, 2.45) is 4.99 Å². The fourth-order valence-electron chi connectivity index (χ4n) is 2.66. The Morgan fingerprint density at radius 3 is 2.11 bits per heavy atom. The largest absolute Gasteiger partial charge is 0.493 e. The molecule has 0 atom stereocenters. The van der Waals surface area contributed by atoms with Gasteiger partial charge in [-0.05, 0) is 42.7 Å². The Labute approximate surface area is 181 Å². The first kappa shape index (κ1) is 23.9. The third-order valence-electron chi connectivity index (χ3n) is 4.11. The van der Waals surface area contributed by atoms with Gasteiger partial charge < -0.3 is 20.1 Å². The van der Waals surface area contributed by atoms with E-state index in [9.17, 15) is 8.78 Å². The maximum atomic E-state index is 13.6. The number of nitrogens with one attached hydrogen (secondary N) is 2. The molecule has 0 spiro atoms. The van der Waals surface area contributed by atoms with Crippen molar-refractivity contribution in [1.82, 2.24) is 10.6 Å². The minimum atomic E-state index is -0.534. The number of halogens is 3. The summed E-state index contributed by atoms with van der Waals surface area (Å²) in [6.07, 6.45) is 0.984. The molecule has 2 aromatic rings. The Morgan fingerprint density at radius 2 is 1.54 bits per heavy atom. The van der Waals surface area contributed by atoms with Crippen molar-refractivity contribution in [3.63, 3.8) is 0 Å². The van der Waals surface area contributed by atoms with E-state index in [1.54, 1.807) is 21.3 Å². The molecule has 0 radical (unpaired) electrons. The van der Waals surface area contributed by atoms with Gasteiger partial charge in [0.1, 0.15) is 11.6 Å². The second-order valence-corrected chi connectivity index (χ2v) is 5.82. The number of nitrogens with zero attached hydrogens (tertiary/aromatic N) is 1. The molecule has 0 aliphatic carbocycles. The molecule has 0 saturated heterocycles. The molecule has 2 N–H and O–H groups in total. The highest BCUT2D eigenvalue weighted by atomic mass is 127. The maximum absolute atomic E-state index is 13.6. The molecule has 0 bridgehead atoms. The summed E-state index contributed by atoms with van der Waals surface area (Å²) in [5, 5.41) is 6.24. The van der Waals surface area contributed by atoms with E-state index in [1.807, 2.05) is 18.2 Å². The van der Waals surface area contributed by atoms with Crippen molar-refractivity contribution in [3.8, 4) is 11.5 Å². The average molecular weight is 505 g/mol. The highest BCUT2D eigenvalue weighted by Gasteiger charge is 2.08. The summed E-state index contributed by atoms with van der Waals surface area (Å²) in [6.45, 7) is 1.01. The zero-order chi connectivity index (χ0) is 19.6. The minimum Gasteiger partial charge on any atom is -0.493 e. The number of ether oxygens (including phenoxy) is 2. The van der Waals surface area contributed by atoms with Gasteiger partial charge in [-0.1, -0.05) is 12.1 Å². The van der Waals surface area contributed by atoms with Crippen LogP contribution >= 0.6 is 24.0 Å². The number of aliphatic imine (C=N–C) groups is 1. The third kappa shape index (κ3) is 6.81. The van der Waals surface area contributed by atoms with Crippen LogP contribution in [0.4, 0.5) is 8.78 Å². The molecule has 0 amide bonds. The summed E-state index contributed by atoms with van der Waals surface area (Å²) in [7, 11) is 4.85. The Kier molecular flexibility index (Phi) is 10.6. The lowest BCUT2D eigenvalue weighted by atomic mass is 10.1. The Bertz CT molecular complexity index is 768. The quantitative estimate of drug-likeness (QED) is 0.328. The van der Waals surface area contributed by atoms with Crippen molar-refractivity contribution in [1.29, 1.82) is 0 Å². The Morgan fingerprint density at radius 1 is 0.929 bits per heavy atom. The number of rotatable bonds is 8. The van der Waals surface area contributed by atoms with Gasteiger partial charge in [0, 0.05) is 25.7 Å². The molecule has 2 aromatic carbocycles. The molecule has 154 valence electrons. The summed E-state index contributed by atoms with van der Waals surface area (Å²) in [4.78, 5) is 4.12. The number of hydrogen-bond acceptors (Lipinski definition) is 3. The Balaban J connectivity index is 0.00000392. The molecule has 0 aliphatic heterocycles. The average Bonchev–Trinajstić information content (AvgIpc) is 2.68. The van der Waals surface area contributed by atoms with Crippen LogP contribution in [-0.2, 0) is 12.8 Å². The van der Waals surface area contributed by atoms with Gasteiger partial charge in [0.2, 0.25) is 0 Å². The smallest absolute Gasteiger partial charge is 0.190 e. The van der Waals surface area contributed by atoms with E-state index in [1.165, 1.54) is 18.2 Å². The van der Waals surface area contributed by atoms with Crippen molar-refractivity contribution in [2.45, 2.75) is 12.8 Å². The molecule has 0 heterocycles. The Hall–Kier alpha value is -2.10. The van der Waals surface area contributed by atoms with E-state index in [0.717, 1.165) is 12.0 Å². The predicted octanol–water partition coefficient (Wildman–Crippen LogP) is 3.55. The summed E-state index contributed by atoms with van der Waals surface area (Å²) < 4.78 is 37.8. The van der Waals surface area contributed by atoms with Gasteiger partial charge in [0.15, 0.2) is 17.5 Å². The molecule has 28 heavy (non-hydrogen) atoms. The lowest BCUT2D eigenvalue weighted by molar-refractivity contribution is 0.354. The fourth-order valence-corrected chi connectivity index (χ4v) is 2.66. The second kappa shape index (κ2) is 12.4. The molecule has 5 nitrogen and oxygen atoms in total. The van der Waals surface area contributed by atoms with Crippen LogP contribution in [0.3, 0.4) is 0 Å². The molecule has 0 aliphatic rings. The van der Waals surface area contributed by atoms with E-state index in [0.29, 0.717) is 30.5 Å².